The first-order chi connectivity index (χ1) is 4.97. The van der Waals surface area contributed by atoms with Crippen LogP contribution in [0.1, 0.15) is 0 Å². The van der Waals surface area contributed by atoms with E-state index in [0.29, 0.717) is 0 Å². The zero-order chi connectivity index (χ0) is 6.55. The molecule has 4 rings (SSSR count). The minimum Gasteiger partial charge on any atom is -0.256 e. The molecule has 0 aliphatic heterocycles. The maximum absolute atomic E-state index is 4.24. The second-order valence-electron chi connectivity index (χ2n) is 2.56. The number of benzene rings is 2. The SMILES string of the molecule is c1cc2c3ccnc2c3c1. The van der Waals surface area contributed by atoms with Gasteiger partial charge in [-0.05, 0) is 11.5 Å². The predicted octanol–water partition coefficient (Wildman–Crippen LogP) is 2.26. The van der Waals surface area contributed by atoms with E-state index in [0.717, 1.165) is 0 Å². The highest BCUT2D eigenvalue weighted by Crippen LogP contribution is 2.34. The third-order valence-electron chi connectivity index (χ3n) is 2.06. The van der Waals surface area contributed by atoms with Gasteiger partial charge in [-0.3, -0.25) is 4.98 Å². The van der Waals surface area contributed by atoms with Crippen LogP contribution in [-0.4, -0.2) is 4.98 Å². The third kappa shape index (κ3) is 0.296. The van der Waals surface area contributed by atoms with Crippen molar-refractivity contribution >= 4 is 21.7 Å². The van der Waals surface area contributed by atoms with E-state index in [4.69, 9.17) is 0 Å². The summed E-state index contributed by atoms with van der Waals surface area (Å²) >= 11 is 0. The summed E-state index contributed by atoms with van der Waals surface area (Å²) in [7, 11) is 0. The number of nitrogens with zero attached hydrogens (tertiary/aromatic N) is 1. The van der Waals surface area contributed by atoms with Gasteiger partial charge in [-0.25, -0.2) is 0 Å². The van der Waals surface area contributed by atoms with E-state index >= 15 is 0 Å². The fourth-order valence-electron chi connectivity index (χ4n) is 1.57. The molecule has 0 unspecified atom stereocenters. The first kappa shape index (κ1) is 4.45. The van der Waals surface area contributed by atoms with Crippen LogP contribution in [0.25, 0.3) is 21.7 Å². The molecular formula is C9H5N. The maximum Gasteiger partial charge on any atom is 0.0786 e. The summed E-state index contributed by atoms with van der Waals surface area (Å²) in [5.41, 5.74) is 1.18. The molecule has 0 aliphatic carbocycles. The molecule has 0 N–H and O–H groups in total. The molecule has 1 heteroatoms. The number of hydrogen-bond acceptors (Lipinski definition) is 1. The van der Waals surface area contributed by atoms with Gasteiger partial charge < -0.3 is 0 Å². The van der Waals surface area contributed by atoms with Crippen molar-refractivity contribution < 1.29 is 0 Å². The van der Waals surface area contributed by atoms with Crippen molar-refractivity contribution in [3.8, 4) is 0 Å². The number of hydrogen-bond donors (Lipinski definition) is 0. The molecule has 0 aliphatic rings. The Morgan fingerprint density at radius 2 is 1.70 bits per heavy atom. The van der Waals surface area contributed by atoms with Gasteiger partial charge in [0, 0.05) is 17.0 Å². The number of rotatable bonds is 0. The number of pyridine rings is 2. The summed E-state index contributed by atoms with van der Waals surface area (Å²) in [6, 6.07) is 8.37. The van der Waals surface area contributed by atoms with Gasteiger partial charge in [0.05, 0.1) is 5.52 Å². The van der Waals surface area contributed by atoms with Crippen molar-refractivity contribution in [2.75, 3.05) is 0 Å². The van der Waals surface area contributed by atoms with Crippen molar-refractivity contribution in [3.05, 3.63) is 30.5 Å². The predicted molar refractivity (Wildman–Crippen MR) is 41.6 cm³/mol. The van der Waals surface area contributed by atoms with E-state index in [-0.39, 0.29) is 0 Å². The Hall–Kier alpha value is -1.37. The highest BCUT2D eigenvalue weighted by molar-refractivity contribution is 6.24. The van der Waals surface area contributed by atoms with E-state index in [1.165, 1.54) is 21.7 Å². The Morgan fingerprint density at radius 3 is 2.20 bits per heavy atom. The molecule has 1 aromatic heterocycles. The fourth-order valence-corrected chi connectivity index (χ4v) is 1.57. The zero-order valence-corrected chi connectivity index (χ0v) is 5.33. The van der Waals surface area contributed by atoms with Crippen LogP contribution in [0.15, 0.2) is 30.5 Å². The fraction of sp³-hybridized carbons (Fsp3) is 0. The first-order valence-corrected chi connectivity index (χ1v) is 3.35. The molecule has 0 amide bonds. The molecule has 0 radical (unpaired) electrons. The van der Waals surface area contributed by atoms with Crippen LogP contribution in [0.2, 0.25) is 0 Å². The molecule has 0 spiro atoms. The Morgan fingerprint density at radius 1 is 0.900 bits per heavy atom. The van der Waals surface area contributed by atoms with Crippen LogP contribution in [-0.2, 0) is 0 Å². The van der Waals surface area contributed by atoms with Crippen LogP contribution in [0, 0.1) is 0 Å². The molecule has 10 heavy (non-hydrogen) atoms. The maximum atomic E-state index is 4.24. The van der Waals surface area contributed by atoms with Crippen molar-refractivity contribution in [2.45, 2.75) is 0 Å². The van der Waals surface area contributed by atoms with Crippen LogP contribution in [0.4, 0.5) is 0 Å². The van der Waals surface area contributed by atoms with Crippen molar-refractivity contribution in [1.29, 1.82) is 0 Å². The topological polar surface area (TPSA) is 12.9 Å². The quantitative estimate of drug-likeness (QED) is 0.451. The van der Waals surface area contributed by atoms with Crippen LogP contribution >= 0.6 is 0 Å². The monoisotopic (exact) mass is 127 g/mol. The van der Waals surface area contributed by atoms with Gasteiger partial charge in [0.15, 0.2) is 0 Å². The van der Waals surface area contributed by atoms with Gasteiger partial charge in [0.1, 0.15) is 0 Å². The molecule has 0 atom stereocenters. The standard InChI is InChI=1S/C9H5N/c1-2-7-6-4-5-10-9(7)8(6)3-1/h1-5H. The van der Waals surface area contributed by atoms with Gasteiger partial charge in [-0.1, -0.05) is 18.2 Å². The Labute approximate surface area is 58.0 Å². The third-order valence-corrected chi connectivity index (χ3v) is 2.06. The van der Waals surface area contributed by atoms with Crippen molar-refractivity contribution in [1.82, 2.24) is 4.98 Å². The molecule has 0 fully saturated rings. The van der Waals surface area contributed by atoms with Crippen LogP contribution < -0.4 is 0 Å². The average Bonchev–Trinajstić information content (AvgIpc) is 2.08. The summed E-state index contributed by atoms with van der Waals surface area (Å²) in [4.78, 5) is 4.24. The van der Waals surface area contributed by atoms with Gasteiger partial charge in [-0.2, -0.15) is 0 Å². The number of aromatic nitrogens is 1. The Bertz CT molecular complexity index is 354. The number of fused-ring (bicyclic) bond motifs is 2. The van der Waals surface area contributed by atoms with E-state index < -0.39 is 0 Å². The molecule has 0 saturated carbocycles. The molecule has 1 nitrogen and oxygen atoms in total. The molecule has 0 saturated heterocycles. The highest BCUT2D eigenvalue weighted by atomic mass is 14.7. The van der Waals surface area contributed by atoms with E-state index in [1.807, 2.05) is 6.20 Å². The minimum absolute atomic E-state index is 1.18. The number of para-hydroxylation sites is 1. The summed E-state index contributed by atoms with van der Waals surface area (Å²) in [6.07, 6.45) is 1.87. The second-order valence-corrected chi connectivity index (χ2v) is 2.56. The van der Waals surface area contributed by atoms with Crippen LogP contribution in [0.5, 0.6) is 0 Å². The lowest BCUT2D eigenvalue weighted by Gasteiger charge is -2.10. The van der Waals surface area contributed by atoms with Gasteiger partial charge in [0.25, 0.3) is 0 Å². The van der Waals surface area contributed by atoms with Crippen LogP contribution in [0.3, 0.4) is 0 Å². The average molecular weight is 127 g/mol. The van der Waals surface area contributed by atoms with E-state index in [9.17, 15) is 0 Å². The molecule has 3 aromatic carbocycles. The summed E-state index contributed by atoms with van der Waals surface area (Å²) in [6.45, 7) is 0. The molecule has 4 aromatic rings. The molecule has 46 valence electrons. The van der Waals surface area contributed by atoms with Gasteiger partial charge in [0.2, 0.25) is 0 Å². The first-order valence-electron chi connectivity index (χ1n) is 3.35. The largest absolute Gasteiger partial charge is 0.256 e. The summed E-state index contributed by atoms with van der Waals surface area (Å²) < 4.78 is 0. The lowest BCUT2D eigenvalue weighted by molar-refractivity contribution is 1.42. The molecule has 4 bridgehead atoms. The van der Waals surface area contributed by atoms with Crippen molar-refractivity contribution in [3.63, 3.8) is 0 Å². The van der Waals surface area contributed by atoms with Gasteiger partial charge in [-0.15, -0.1) is 0 Å². The lowest BCUT2D eigenvalue weighted by atomic mass is 9.97. The second kappa shape index (κ2) is 1.21. The normalized spacial score (nSPS) is 12.0. The van der Waals surface area contributed by atoms with E-state index in [1.54, 1.807) is 0 Å². The molecule has 1 heterocycles. The Balaban J connectivity index is 2.80. The summed E-state index contributed by atoms with van der Waals surface area (Å²) in [5, 5.41) is 4.01. The molecular weight excluding hydrogens is 122 g/mol. The van der Waals surface area contributed by atoms with Gasteiger partial charge >= 0.3 is 0 Å². The van der Waals surface area contributed by atoms with Crippen molar-refractivity contribution in [2.24, 2.45) is 0 Å². The minimum atomic E-state index is 1.18. The smallest absolute Gasteiger partial charge is 0.0786 e. The Kier molecular flexibility index (Phi) is 0.539. The van der Waals surface area contributed by atoms with E-state index in [2.05, 4.69) is 29.2 Å². The summed E-state index contributed by atoms with van der Waals surface area (Å²) in [5.74, 6) is 0. The lowest BCUT2D eigenvalue weighted by Crippen LogP contribution is -1.88. The zero-order valence-electron chi connectivity index (χ0n) is 5.33. The highest BCUT2D eigenvalue weighted by Gasteiger charge is 2.09.